The quantitative estimate of drug-likeness (QED) is 0.827. The van der Waals surface area contributed by atoms with Gasteiger partial charge in [-0.05, 0) is 51.0 Å². The van der Waals surface area contributed by atoms with Gasteiger partial charge in [-0.2, -0.15) is 0 Å². The highest BCUT2D eigenvalue weighted by molar-refractivity contribution is 4.97. The first-order chi connectivity index (χ1) is 8.76. The maximum atomic E-state index is 3.78. The van der Waals surface area contributed by atoms with Gasteiger partial charge in [-0.3, -0.25) is 4.90 Å². The van der Waals surface area contributed by atoms with Crippen LogP contribution in [-0.2, 0) is 0 Å². The van der Waals surface area contributed by atoms with Gasteiger partial charge >= 0.3 is 0 Å². The van der Waals surface area contributed by atoms with Crippen molar-refractivity contribution in [1.82, 2.24) is 10.2 Å². The van der Waals surface area contributed by atoms with Gasteiger partial charge in [0, 0.05) is 24.2 Å². The zero-order valence-electron chi connectivity index (χ0n) is 12.2. The van der Waals surface area contributed by atoms with Crippen LogP contribution >= 0.6 is 0 Å². The lowest BCUT2D eigenvalue weighted by Crippen LogP contribution is -2.52. The summed E-state index contributed by atoms with van der Waals surface area (Å²) in [5.74, 6) is 0.955. The summed E-state index contributed by atoms with van der Waals surface area (Å²) in [5, 5.41) is 3.78. The Bertz CT molecular complexity index is 266. The maximum Gasteiger partial charge on any atom is 0.0128 e. The van der Waals surface area contributed by atoms with Crippen LogP contribution in [0, 0.1) is 5.92 Å². The second-order valence-corrected chi connectivity index (χ2v) is 7.02. The predicted octanol–water partition coefficient (Wildman–Crippen LogP) is 3.17. The highest BCUT2D eigenvalue weighted by atomic mass is 15.2. The van der Waals surface area contributed by atoms with Crippen LogP contribution in [0.4, 0.5) is 0 Å². The molecule has 2 bridgehead atoms. The van der Waals surface area contributed by atoms with E-state index in [1.54, 1.807) is 0 Å². The van der Waals surface area contributed by atoms with E-state index in [2.05, 4.69) is 24.1 Å². The van der Waals surface area contributed by atoms with Crippen molar-refractivity contribution in [1.29, 1.82) is 0 Å². The van der Waals surface area contributed by atoms with Gasteiger partial charge in [-0.15, -0.1) is 0 Å². The highest BCUT2D eigenvalue weighted by Gasteiger charge is 2.38. The Morgan fingerprint density at radius 1 is 0.944 bits per heavy atom. The van der Waals surface area contributed by atoms with Crippen molar-refractivity contribution in [3.63, 3.8) is 0 Å². The Morgan fingerprint density at radius 2 is 1.67 bits per heavy atom. The van der Waals surface area contributed by atoms with E-state index >= 15 is 0 Å². The van der Waals surface area contributed by atoms with Gasteiger partial charge in [0.15, 0.2) is 0 Å². The molecule has 2 heteroatoms. The average molecular weight is 250 g/mol. The number of rotatable bonds is 3. The fraction of sp³-hybridized carbons (Fsp3) is 1.00. The normalized spacial score (nSPS) is 44.5. The fourth-order valence-corrected chi connectivity index (χ4v) is 4.82. The van der Waals surface area contributed by atoms with E-state index in [9.17, 15) is 0 Å². The molecule has 0 aromatic rings. The smallest absolute Gasteiger partial charge is 0.0128 e. The Morgan fingerprint density at radius 3 is 2.28 bits per heavy atom. The summed E-state index contributed by atoms with van der Waals surface area (Å²) in [6, 6.07) is 3.44. The lowest BCUT2D eigenvalue weighted by atomic mass is 9.84. The Labute approximate surface area is 113 Å². The summed E-state index contributed by atoms with van der Waals surface area (Å²) in [4.78, 5) is 2.88. The van der Waals surface area contributed by atoms with Crippen LogP contribution < -0.4 is 5.32 Å². The summed E-state index contributed by atoms with van der Waals surface area (Å²) in [6.45, 7) is 6.09. The third-order valence-electron chi connectivity index (χ3n) is 5.66. The van der Waals surface area contributed by atoms with Crippen molar-refractivity contribution in [3.8, 4) is 0 Å². The van der Waals surface area contributed by atoms with E-state index in [-0.39, 0.29) is 0 Å². The van der Waals surface area contributed by atoms with E-state index in [1.807, 2.05) is 0 Å². The first-order valence-electron chi connectivity index (χ1n) is 8.28. The number of nitrogens with zero attached hydrogens (tertiary/aromatic N) is 1. The largest absolute Gasteiger partial charge is 0.311 e. The van der Waals surface area contributed by atoms with Crippen molar-refractivity contribution in [2.75, 3.05) is 6.54 Å². The average Bonchev–Trinajstić information content (AvgIpc) is 2.70. The van der Waals surface area contributed by atoms with Crippen molar-refractivity contribution in [3.05, 3.63) is 0 Å². The molecular weight excluding hydrogens is 220 g/mol. The second kappa shape index (κ2) is 5.50. The van der Waals surface area contributed by atoms with Crippen molar-refractivity contribution >= 4 is 0 Å². The minimum absolute atomic E-state index is 0.837. The third kappa shape index (κ3) is 2.60. The van der Waals surface area contributed by atoms with E-state index < -0.39 is 0 Å². The number of fused-ring (bicyclic) bond motifs is 2. The second-order valence-electron chi connectivity index (χ2n) is 7.02. The molecule has 1 N–H and O–H groups in total. The summed E-state index contributed by atoms with van der Waals surface area (Å²) < 4.78 is 0. The lowest BCUT2D eigenvalue weighted by Gasteiger charge is -2.44. The Kier molecular flexibility index (Phi) is 3.95. The van der Waals surface area contributed by atoms with Crippen LogP contribution in [0.5, 0.6) is 0 Å². The highest BCUT2D eigenvalue weighted by Crippen LogP contribution is 2.34. The number of hydrogen-bond donors (Lipinski definition) is 1. The Hall–Kier alpha value is -0.0800. The summed E-state index contributed by atoms with van der Waals surface area (Å²) >= 11 is 0. The minimum Gasteiger partial charge on any atom is -0.311 e. The molecule has 1 saturated carbocycles. The molecule has 0 spiro atoms. The Balaban J connectivity index is 1.64. The van der Waals surface area contributed by atoms with Crippen molar-refractivity contribution in [2.45, 2.75) is 89.4 Å². The van der Waals surface area contributed by atoms with Gasteiger partial charge < -0.3 is 5.32 Å². The van der Waals surface area contributed by atoms with Crippen LogP contribution in [0.25, 0.3) is 0 Å². The topological polar surface area (TPSA) is 15.3 Å². The molecule has 0 radical (unpaired) electrons. The van der Waals surface area contributed by atoms with Gasteiger partial charge in [-0.1, -0.05) is 26.7 Å². The minimum atomic E-state index is 0.837. The molecule has 4 atom stereocenters. The zero-order valence-corrected chi connectivity index (χ0v) is 12.2. The van der Waals surface area contributed by atoms with Gasteiger partial charge in [0.2, 0.25) is 0 Å². The molecule has 1 aliphatic carbocycles. The van der Waals surface area contributed by atoms with Gasteiger partial charge in [0.1, 0.15) is 0 Å². The number of nitrogens with one attached hydrogen (secondary N) is 1. The number of piperidine rings is 1. The van der Waals surface area contributed by atoms with Crippen molar-refractivity contribution < 1.29 is 0 Å². The molecule has 104 valence electrons. The molecule has 2 nitrogen and oxygen atoms in total. The first kappa shape index (κ1) is 12.9. The fourth-order valence-electron chi connectivity index (χ4n) is 4.82. The first-order valence-corrected chi connectivity index (χ1v) is 8.28. The SMILES string of the molecule is CCN(C1CCCC(C)C1)C1CC2CCC(C1)N2. The molecule has 4 unspecified atom stereocenters. The van der Waals surface area contributed by atoms with Crippen LogP contribution in [0.1, 0.15) is 65.2 Å². The third-order valence-corrected chi connectivity index (χ3v) is 5.66. The van der Waals surface area contributed by atoms with Crippen LogP contribution in [0.2, 0.25) is 0 Å². The standard InChI is InChI=1S/C16H30N2/c1-3-18(15-6-4-5-12(2)9-15)16-10-13-7-8-14(11-16)17-13/h12-17H,3-11H2,1-2H3. The molecule has 3 aliphatic rings. The molecule has 2 saturated heterocycles. The molecule has 3 rings (SSSR count). The molecule has 3 fully saturated rings. The summed E-state index contributed by atoms with van der Waals surface area (Å²) in [6.07, 6.45) is 11.5. The summed E-state index contributed by atoms with van der Waals surface area (Å²) in [7, 11) is 0. The lowest BCUT2D eigenvalue weighted by molar-refractivity contribution is 0.0670. The van der Waals surface area contributed by atoms with Crippen LogP contribution in [0.15, 0.2) is 0 Å². The van der Waals surface area contributed by atoms with E-state index in [4.69, 9.17) is 0 Å². The van der Waals surface area contributed by atoms with Gasteiger partial charge in [0.25, 0.3) is 0 Å². The van der Waals surface area contributed by atoms with Gasteiger partial charge in [0.05, 0.1) is 0 Å². The molecular formula is C16H30N2. The monoisotopic (exact) mass is 250 g/mol. The molecule has 18 heavy (non-hydrogen) atoms. The van der Waals surface area contributed by atoms with Crippen molar-refractivity contribution in [2.24, 2.45) is 5.92 Å². The molecule has 0 aromatic heterocycles. The van der Waals surface area contributed by atoms with E-state index in [1.165, 1.54) is 57.9 Å². The molecule has 0 aromatic carbocycles. The van der Waals surface area contributed by atoms with Gasteiger partial charge in [-0.25, -0.2) is 0 Å². The zero-order chi connectivity index (χ0) is 12.5. The number of hydrogen-bond acceptors (Lipinski definition) is 2. The predicted molar refractivity (Wildman–Crippen MR) is 76.8 cm³/mol. The molecule has 2 aliphatic heterocycles. The van der Waals surface area contributed by atoms with Crippen LogP contribution in [-0.4, -0.2) is 35.6 Å². The molecule has 2 heterocycles. The maximum absolute atomic E-state index is 3.78. The van der Waals surface area contributed by atoms with E-state index in [0.717, 1.165) is 30.1 Å². The molecule has 0 amide bonds. The van der Waals surface area contributed by atoms with E-state index in [0.29, 0.717) is 0 Å². The summed E-state index contributed by atoms with van der Waals surface area (Å²) in [5.41, 5.74) is 0. The van der Waals surface area contributed by atoms with Crippen LogP contribution in [0.3, 0.4) is 0 Å².